The van der Waals surface area contributed by atoms with Gasteiger partial charge in [0.15, 0.2) is 0 Å². The highest BCUT2D eigenvalue weighted by Gasteiger charge is 2.33. The van der Waals surface area contributed by atoms with Crippen molar-refractivity contribution in [3.05, 3.63) is 77.9 Å². The van der Waals surface area contributed by atoms with Crippen molar-refractivity contribution in [3.8, 4) is 11.5 Å². The van der Waals surface area contributed by atoms with Gasteiger partial charge in [-0.3, -0.25) is 9.52 Å². The Morgan fingerprint density at radius 3 is 2.30 bits per heavy atom. The Morgan fingerprint density at radius 1 is 1.05 bits per heavy atom. The van der Waals surface area contributed by atoms with E-state index in [1.54, 1.807) is 54.3 Å². The first-order valence-electron chi connectivity index (χ1n) is 14.1. The molecule has 44 heavy (non-hydrogen) atoms. The van der Waals surface area contributed by atoms with Gasteiger partial charge in [0.25, 0.3) is 10.0 Å². The fourth-order valence-electron chi connectivity index (χ4n) is 4.92. The van der Waals surface area contributed by atoms with Gasteiger partial charge >= 0.3 is 0 Å². The van der Waals surface area contributed by atoms with Crippen LogP contribution in [0.15, 0.2) is 76.5 Å². The van der Waals surface area contributed by atoms with E-state index >= 15 is 0 Å². The lowest BCUT2D eigenvalue weighted by atomic mass is 10.0. The van der Waals surface area contributed by atoms with Crippen LogP contribution in [-0.4, -0.2) is 83.1 Å². The quantitative estimate of drug-likeness (QED) is 0.342. The summed E-state index contributed by atoms with van der Waals surface area (Å²) in [6.45, 7) is 5.41. The zero-order chi connectivity index (χ0) is 32.2. The summed E-state index contributed by atoms with van der Waals surface area (Å²) in [5.74, 6) is 0.240. The summed E-state index contributed by atoms with van der Waals surface area (Å²) in [6.07, 6.45) is -0.797. The number of nitrogens with one attached hydrogen (secondary N) is 1. The van der Waals surface area contributed by atoms with Gasteiger partial charge in [-0.2, -0.15) is 4.31 Å². The highest BCUT2D eigenvalue weighted by Crippen LogP contribution is 2.31. The summed E-state index contributed by atoms with van der Waals surface area (Å²) < 4.78 is 68.3. The van der Waals surface area contributed by atoms with Gasteiger partial charge in [-0.25, -0.2) is 16.8 Å². The number of benzene rings is 3. The average molecular weight is 646 g/mol. The molecular weight excluding hydrogens is 606 g/mol. The molecule has 11 nitrogen and oxygen atoms in total. The Balaban J connectivity index is 1.67. The number of aliphatic hydroxyl groups is 1. The predicted molar refractivity (Wildman–Crippen MR) is 167 cm³/mol. The minimum absolute atomic E-state index is 0.0157. The van der Waals surface area contributed by atoms with Crippen molar-refractivity contribution in [2.75, 3.05) is 38.6 Å². The first-order chi connectivity index (χ1) is 20.7. The van der Waals surface area contributed by atoms with Crippen LogP contribution in [0.1, 0.15) is 25.0 Å². The molecule has 0 fully saturated rings. The van der Waals surface area contributed by atoms with Crippen LogP contribution in [0.3, 0.4) is 0 Å². The van der Waals surface area contributed by atoms with Crippen LogP contribution in [0.5, 0.6) is 11.5 Å². The number of amides is 1. The third-order valence-corrected chi connectivity index (χ3v) is 10.9. The number of carbonyl (C=O) groups excluding carboxylic acids is 1. The Hall–Kier alpha value is -3.65. The standard InChI is InChI=1S/C31H39N3O8S2/c1-21-6-11-28(12-7-21)44(39,40)33(4)19-30-22(2)18-34(23(3)20-35)31(36)17-24-16-25(8-15-29(24)42-30)32-43(37,38)27-13-9-26(41-5)10-14-27/h6-16,22-23,30,32,35H,17-20H2,1-5H3/t22-,23-,30-/m1/s1. The van der Waals surface area contributed by atoms with E-state index in [1.165, 1.54) is 42.7 Å². The summed E-state index contributed by atoms with van der Waals surface area (Å²) in [7, 11) is -4.83. The first kappa shape index (κ1) is 33.2. The summed E-state index contributed by atoms with van der Waals surface area (Å²) in [5, 5.41) is 9.90. The fourth-order valence-corrected chi connectivity index (χ4v) is 7.15. The van der Waals surface area contributed by atoms with Gasteiger partial charge in [0, 0.05) is 30.8 Å². The number of nitrogens with zero attached hydrogens (tertiary/aromatic N) is 2. The number of anilines is 1. The van der Waals surface area contributed by atoms with Crippen LogP contribution < -0.4 is 14.2 Å². The number of sulfonamides is 2. The van der Waals surface area contributed by atoms with Crippen LogP contribution in [0.2, 0.25) is 0 Å². The molecule has 3 aromatic rings. The van der Waals surface area contributed by atoms with Crippen LogP contribution in [-0.2, 0) is 31.3 Å². The summed E-state index contributed by atoms with van der Waals surface area (Å²) in [5.41, 5.74) is 1.58. The Morgan fingerprint density at radius 2 is 1.68 bits per heavy atom. The van der Waals surface area contributed by atoms with Crippen LogP contribution in [0.25, 0.3) is 0 Å². The molecule has 1 amide bonds. The van der Waals surface area contributed by atoms with Gasteiger partial charge in [0.05, 0.1) is 42.5 Å². The van der Waals surface area contributed by atoms with Crippen molar-refractivity contribution in [1.82, 2.24) is 9.21 Å². The van der Waals surface area contributed by atoms with Crippen molar-refractivity contribution >= 4 is 31.6 Å². The Bertz CT molecular complexity index is 1680. The van der Waals surface area contributed by atoms with Crippen molar-refractivity contribution in [2.45, 2.75) is 49.1 Å². The van der Waals surface area contributed by atoms with Crippen LogP contribution >= 0.6 is 0 Å². The summed E-state index contributed by atoms with van der Waals surface area (Å²) in [4.78, 5) is 15.2. The van der Waals surface area contributed by atoms with E-state index in [0.29, 0.717) is 17.1 Å². The van der Waals surface area contributed by atoms with E-state index in [4.69, 9.17) is 9.47 Å². The number of aryl methyl sites for hydroxylation is 1. The van der Waals surface area contributed by atoms with Crippen molar-refractivity contribution in [1.29, 1.82) is 0 Å². The number of aliphatic hydroxyl groups excluding tert-OH is 1. The smallest absolute Gasteiger partial charge is 0.261 e. The third kappa shape index (κ3) is 7.52. The van der Waals surface area contributed by atoms with E-state index < -0.39 is 32.2 Å². The monoisotopic (exact) mass is 645 g/mol. The number of hydrogen-bond donors (Lipinski definition) is 2. The second-order valence-electron chi connectivity index (χ2n) is 11.1. The molecule has 0 saturated heterocycles. The van der Waals surface area contributed by atoms with E-state index in [9.17, 15) is 26.7 Å². The SMILES string of the molecule is COc1ccc(S(=O)(=O)Nc2ccc3c(c2)CC(=O)N([C@H](C)CO)C[C@@H](C)[C@@H](CN(C)S(=O)(=O)c2ccc(C)cc2)O3)cc1. The lowest BCUT2D eigenvalue weighted by Gasteiger charge is -2.33. The molecule has 4 rings (SSSR count). The molecule has 0 radical (unpaired) electrons. The summed E-state index contributed by atoms with van der Waals surface area (Å²) >= 11 is 0. The minimum atomic E-state index is -3.96. The number of hydrogen-bond acceptors (Lipinski definition) is 8. The molecule has 0 aromatic heterocycles. The number of methoxy groups -OCH3 is 1. The topological polar surface area (TPSA) is 143 Å². The van der Waals surface area contributed by atoms with Gasteiger partial charge in [-0.05, 0) is 68.4 Å². The van der Waals surface area contributed by atoms with Gasteiger partial charge in [0.2, 0.25) is 15.9 Å². The molecular formula is C31H39N3O8S2. The van der Waals surface area contributed by atoms with Crippen LogP contribution in [0.4, 0.5) is 5.69 Å². The molecule has 13 heteroatoms. The van der Waals surface area contributed by atoms with E-state index in [-0.39, 0.29) is 53.4 Å². The lowest BCUT2D eigenvalue weighted by Crippen LogP contribution is -2.48. The zero-order valence-corrected chi connectivity index (χ0v) is 27.1. The number of rotatable bonds is 10. The highest BCUT2D eigenvalue weighted by molar-refractivity contribution is 7.92. The first-order valence-corrected chi connectivity index (χ1v) is 17.1. The molecule has 1 aliphatic rings. The number of ether oxygens (including phenoxy) is 2. The molecule has 1 heterocycles. The second kappa shape index (κ2) is 13.6. The maximum atomic E-state index is 13.5. The summed E-state index contributed by atoms with van der Waals surface area (Å²) in [6, 6.07) is 16.7. The molecule has 3 atom stereocenters. The van der Waals surface area contributed by atoms with Crippen molar-refractivity contribution < 1.29 is 36.2 Å². The lowest BCUT2D eigenvalue weighted by molar-refractivity contribution is -0.134. The molecule has 238 valence electrons. The van der Waals surface area contributed by atoms with E-state index in [2.05, 4.69) is 4.72 Å². The minimum Gasteiger partial charge on any atom is -0.497 e. The molecule has 0 aliphatic carbocycles. The Kier molecular flexibility index (Phi) is 10.2. The number of fused-ring (bicyclic) bond motifs is 1. The third-order valence-electron chi connectivity index (χ3n) is 7.70. The molecule has 2 N–H and O–H groups in total. The Labute approximate surface area is 259 Å². The normalized spacial score (nSPS) is 18.4. The molecule has 0 saturated carbocycles. The van der Waals surface area contributed by atoms with Gasteiger partial charge in [-0.15, -0.1) is 0 Å². The molecule has 1 aliphatic heterocycles. The largest absolute Gasteiger partial charge is 0.497 e. The molecule has 0 bridgehead atoms. The molecule has 0 unspecified atom stereocenters. The van der Waals surface area contributed by atoms with Gasteiger partial charge < -0.3 is 19.5 Å². The maximum Gasteiger partial charge on any atom is 0.261 e. The highest BCUT2D eigenvalue weighted by atomic mass is 32.2. The molecule has 0 spiro atoms. The van der Waals surface area contributed by atoms with Gasteiger partial charge in [0.1, 0.15) is 17.6 Å². The zero-order valence-electron chi connectivity index (χ0n) is 25.4. The fraction of sp³-hybridized carbons (Fsp3) is 0.387. The van der Waals surface area contributed by atoms with Crippen LogP contribution in [0, 0.1) is 12.8 Å². The van der Waals surface area contributed by atoms with Gasteiger partial charge in [-0.1, -0.05) is 24.6 Å². The number of carbonyl (C=O) groups is 1. The van der Waals surface area contributed by atoms with E-state index in [1.807, 2.05) is 13.8 Å². The van der Waals surface area contributed by atoms with Crippen molar-refractivity contribution in [2.24, 2.45) is 5.92 Å². The number of likely N-dealkylation sites (N-methyl/N-ethyl adjacent to an activating group) is 1. The predicted octanol–water partition coefficient (Wildman–Crippen LogP) is 3.27. The van der Waals surface area contributed by atoms with E-state index in [0.717, 1.165) is 5.56 Å². The molecule has 3 aromatic carbocycles. The van der Waals surface area contributed by atoms with Crippen molar-refractivity contribution in [3.63, 3.8) is 0 Å². The second-order valence-corrected chi connectivity index (χ2v) is 14.8. The maximum absolute atomic E-state index is 13.5. The average Bonchev–Trinajstić information content (AvgIpc) is 3.04.